The fraction of sp³-hybridized carbons (Fsp3) is 0.353. The van der Waals surface area contributed by atoms with Crippen LogP contribution in [0.15, 0.2) is 47.5 Å². The second-order valence-corrected chi connectivity index (χ2v) is 11.9. The maximum atomic E-state index is 6.30. The quantitative estimate of drug-likeness (QED) is 0.538. The second-order valence-electron chi connectivity index (χ2n) is 6.07. The molecular weight excluding hydrogens is 294 g/mol. The molecule has 2 aromatic rings. The maximum Gasteiger partial charge on any atom is 0.184 e. The van der Waals surface area contributed by atoms with Crippen LogP contribution in [0, 0.1) is 6.92 Å². The zero-order valence-corrected chi connectivity index (χ0v) is 15.0. The Morgan fingerprint density at radius 3 is 2.43 bits per heavy atom. The van der Waals surface area contributed by atoms with Crippen molar-refractivity contribution >= 4 is 25.9 Å². The van der Waals surface area contributed by atoms with Crippen molar-refractivity contribution in [3.05, 3.63) is 57.8 Å². The number of thiophene rings is 1. The van der Waals surface area contributed by atoms with Crippen molar-refractivity contribution in [2.75, 3.05) is 6.54 Å². The molecule has 0 saturated carbocycles. The Balaban J connectivity index is 2.07. The van der Waals surface area contributed by atoms with Gasteiger partial charge in [0, 0.05) is 16.0 Å². The standard InChI is InChI=1S/C17H23NOSSi/c1-14-10-11-16(20-14)12-18-13-17(19-21(2,3)4)15-8-6-5-7-9-15/h5-12,17H,13H2,1-4H3. The van der Waals surface area contributed by atoms with Crippen LogP contribution in [0.5, 0.6) is 0 Å². The van der Waals surface area contributed by atoms with E-state index in [2.05, 4.69) is 68.0 Å². The molecule has 21 heavy (non-hydrogen) atoms. The van der Waals surface area contributed by atoms with Gasteiger partial charge in [0.1, 0.15) is 0 Å². The highest BCUT2D eigenvalue weighted by Crippen LogP contribution is 2.22. The van der Waals surface area contributed by atoms with Gasteiger partial charge in [-0.1, -0.05) is 30.3 Å². The van der Waals surface area contributed by atoms with E-state index in [1.165, 1.54) is 15.3 Å². The van der Waals surface area contributed by atoms with Gasteiger partial charge in [-0.3, -0.25) is 4.99 Å². The summed E-state index contributed by atoms with van der Waals surface area (Å²) >= 11 is 1.77. The highest BCUT2D eigenvalue weighted by Gasteiger charge is 2.21. The van der Waals surface area contributed by atoms with Gasteiger partial charge in [-0.2, -0.15) is 0 Å². The lowest BCUT2D eigenvalue weighted by Gasteiger charge is -2.25. The largest absolute Gasteiger partial charge is 0.409 e. The van der Waals surface area contributed by atoms with Crippen molar-refractivity contribution in [1.29, 1.82) is 0 Å². The molecule has 0 spiro atoms. The predicted octanol–water partition coefficient (Wildman–Crippen LogP) is 5.07. The van der Waals surface area contributed by atoms with Gasteiger partial charge in [-0.15, -0.1) is 11.3 Å². The Bertz CT molecular complexity index is 586. The molecule has 0 N–H and O–H groups in total. The van der Waals surface area contributed by atoms with E-state index in [1.807, 2.05) is 12.3 Å². The average molecular weight is 318 g/mol. The smallest absolute Gasteiger partial charge is 0.184 e. The number of nitrogens with zero attached hydrogens (tertiary/aromatic N) is 1. The first kappa shape index (κ1) is 16.1. The zero-order chi connectivity index (χ0) is 15.3. The molecule has 0 amide bonds. The van der Waals surface area contributed by atoms with Crippen molar-refractivity contribution in [3.8, 4) is 0 Å². The molecule has 0 bridgehead atoms. The van der Waals surface area contributed by atoms with E-state index in [-0.39, 0.29) is 6.10 Å². The summed E-state index contributed by atoms with van der Waals surface area (Å²) in [6.07, 6.45) is 2.01. The first-order valence-electron chi connectivity index (χ1n) is 7.23. The minimum Gasteiger partial charge on any atom is -0.409 e. The Hall–Kier alpha value is -1.23. The van der Waals surface area contributed by atoms with Gasteiger partial charge in [0.15, 0.2) is 8.32 Å². The van der Waals surface area contributed by atoms with Crippen LogP contribution in [0.4, 0.5) is 0 Å². The molecule has 1 atom stereocenters. The van der Waals surface area contributed by atoms with Crippen molar-refractivity contribution in [3.63, 3.8) is 0 Å². The van der Waals surface area contributed by atoms with Crippen molar-refractivity contribution < 1.29 is 4.43 Å². The Kier molecular flexibility index (Phi) is 5.50. The number of aliphatic imine (C=N–C) groups is 1. The summed E-state index contributed by atoms with van der Waals surface area (Å²) < 4.78 is 6.30. The summed E-state index contributed by atoms with van der Waals surface area (Å²) in [6, 6.07) is 14.6. The molecule has 0 aliphatic heterocycles. The third kappa shape index (κ3) is 5.57. The van der Waals surface area contributed by atoms with E-state index in [1.54, 1.807) is 11.3 Å². The van der Waals surface area contributed by atoms with E-state index < -0.39 is 8.32 Å². The molecule has 0 aliphatic carbocycles. The van der Waals surface area contributed by atoms with Crippen LogP contribution in [0.25, 0.3) is 0 Å². The molecule has 1 heterocycles. The minimum absolute atomic E-state index is 0.0511. The third-order valence-corrected chi connectivity index (χ3v) is 4.84. The molecule has 0 fully saturated rings. The molecule has 4 heteroatoms. The van der Waals surface area contributed by atoms with Crippen molar-refractivity contribution in [1.82, 2.24) is 0 Å². The monoisotopic (exact) mass is 317 g/mol. The van der Waals surface area contributed by atoms with Crippen LogP contribution in [0.1, 0.15) is 21.4 Å². The van der Waals surface area contributed by atoms with E-state index in [9.17, 15) is 0 Å². The molecule has 0 radical (unpaired) electrons. The van der Waals surface area contributed by atoms with E-state index in [0.29, 0.717) is 6.54 Å². The number of aryl methyl sites for hydroxylation is 1. The van der Waals surface area contributed by atoms with Gasteiger partial charge in [0.25, 0.3) is 0 Å². The topological polar surface area (TPSA) is 21.6 Å². The van der Waals surface area contributed by atoms with Crippen LogP contribution in [-0.4, -0.2) is 21.1 Å². The van der Waals surface area contributed by atoms with Crippen LogP contribution in [-0.2, 0) is 4.43 Å². The fourth-order valence-corrected chi connectivity index (χ4v) is 3.90. The lowest BCUT2D eigenvalue weighted by molar-refractivity contribution is 0.207. The summed E-state index contributed by atoms with van der Waals surface area (Å²) in [6.45, 7) is 9.44. The summed E-state index contributed by atoms with van der Waals surface area (Å²) in [5.41, 5.74) is 1.21. The Morgan fingerprint density at radius 2 is 1.86 bits per heavy atom. The zero-order valence-electron chi connectivity index (χ0n) is 13.2. The Labute approximate surface area is 132 Å². The maximum absolute atomic E-state index is 6.30. The second kappa shape index (κ2) is 7.16. The van der Waals surface area contributed by atoms with Crippen LogP contribution >= 0.6 is 11.3 Å². The molecule has 2 nitrogen and oxygen atoms in total. The lowest BCUT2D eigenvalue weighted by Crippen LogP contribution is -2.29. The molecule has 1 aromatic carbocycles. The highest BCUT2D eigenvalue weighted by molar-refractivity contribution is 7.13. The van der Waals surface area contributed by atoms with E-state index >= 15 is 0 Å². The molecule has 1 aromatic heterocycles. The van der Waals surface area contributed by atoms with Crippen LogP contribution in [0.3, 0.4) is 0 Å². The SMILES string of the molecule is Cc1ccc(C=NCC(O[Si](C)(C)C)c2ccccc2)s1. The first-order chi connectivity index (χ1) is 9.94. The van der Waals surface area contributed by atoms with Gasteiger partial charge in [-0.25, -0.2) is 0 Å². The summed E-state index contributed by atoms with van der Waals surface area (Å²) in [5, 5.41) is 0. The number of hydrogen-bond acceptors (Lipinski definition) is 3. The van der Waals surface area contributed by atoms with Crippen molar-refractivity contribution in [2.24, 2.45) is 4.99 Å². The van der Waals surface area contributed by atoms with Gasteiger partial charge in [-0.05, 0) is 44.3 Å². The summed E-state index contributed by atoms with van der Waals surface area (Å²) in [4.78, 5) is 7.11. The number of rotatable bonds is 6. The Morgan fingerprint density at radius 1 is 1.14 bits per heavy atom. The summed E-state index contributed by atoms with van der Waals surface area (Å²) in [7, 11) is -1.60. The van der Waals surface area contributed by atoms with Gasteiger partial charge < -0.3 is 4.43 Å². The molecular formula is C17H23NOSSi. The van der Waals surface area contributed by atoms with Crippen LogP contribution in [0.2, 0.25) is 19.6 Å². The van der Waals surface area contributed by atoms with Gasteiger partial charge in [0.2, 0.25) is 0 Å². The molecule has 2 rings (SSSR count). The predicted molar refractivity (Wildman–Crippen MR) is 95.1 cm³/mol. The first-order valence-corrected chi connectivity index (χ1v) is 11.5. The average Bonchev–Trinajstić information content (AvgIpc) is 2.83. The lowest BCUT2D eigenvalue weighted by atomic mass is 10.1. The van der Waals surface area contributed by atoms with E-state index in [4.69, 9.17) is 4.43 Å². The molecule has 0 aliphatic rings. The molecule has 0 saturated heterocycles. The summed E-state index contributed by atoms with van der Waals surface area (Å²) in [5.74, 6) is 0. The minimum atomic E-state index is -1.60. The van der Waals surface area contributed by atoms with E-state index in [0.717, 1.165) is 0 Å². The van der Waals surface area contributed by atoms with Gasteiger partial charge in [0.05, 0.1) is 12.6 Å². The third-order valence-electron chi connectivity index (χ3n) is 2.92. The normalized spacial score (nSPS) is 13.7. The number of hydrogen-bond donors (Lipinski definition) is 0. The van der Waals surface area contributed by atoms with Crippen LogP contribution < -0.4 is 0 Å². The molecule has 1 unspecified atom stereocenters. The highest BCUT2D eigenvalue weighted by atomic mass is 32.1. The van der Waals surface area contributed by atoms with Crippen molar-refractivity contribution in [2.45, 2.75) is 32.7 Å². The fourth-order valence-electron chi connectivity index (χ4n) is 2.07. The number of benzene rings is 1. The molecule has 112 valence electrons. The van der Waals surface area contributed by atoms with Gasteiger partial charge >= 0.3 is 0 Å².